The van der Waals surface area contributed by atoms with Crippen LogP contribution in [0.1, 0.15) is 17.2 Å². The Hall–Kier alpha value is -1.55. The molecule has 0 aliphatic rings. The lowest BCUT2D eigenvalue weighted by Gasteiger charge is -2.15. The zero-order chi connectivity index (χ0) is 13.7. The Kier molecular flexibility index (Phi) is 4.80. The minimum absolute atomic E-state index is 0.108. The van der Waals surface area contributed by atoms with Gasteiger partial charge >= 0.3 is 0 Å². The summed E-state index contributed by atoms with van der Waals surface area (Å²) >= 11 is 5.96. The summed E-state index contributed by atoms with van der Waals surface area (Å²) in [5, 5.41) is 19.7. The number of hydrogen-bond acceptors (Lipinski definition) is 3. The van der Waals surface area contributed by atoms with Crippen molar-refractivity contribution < 1.29 is 14.9 Å². The van der Waals surface area contributed by atoms with Crippen LogP contribution in [0, 0.1) is 0 Å². The first kappa shape index (κ1) is 13.9. The molecule has 0 heterocycles. The van der Waals surface area contributed by atoms with Gasteiger partial charge in [-0.15, -0.1) is 0 Å². The lowest BCUT2D eigenvalue weighted by Crippen LogP contribution is -2.10. The van der Waals surface area contributed by atoms with Gasteiger partial charge in [-0.3, -0.25) is 0 Å². The molecule has 0 saturated heterocycles. The van der Waals surface area contributed by atoms with Gasteiger partial charge in [0.05, 0.1) is 6.61 Å². The smallest absolute Gasteiger partial charge is 0.126 e. The molecule has 3 nitrogen and oxygen atoms in total. The third-order valence-corrected chi connectivity index (χ3v) is 3.17. The average molecular weight is 279 g/mol. The molecule has 0 bridgehead atoms. The second kappa shape index (κ2) is 6.57. The van der Waals surface area contributed by atoms with E-state index in [1.54, 1.807) is 18.2 Å². The molecule has 1 atom stereocenters. The Morgan fingerprint density at radius 3 is 2.47 bits per heavy atom. The zero-order valence-corrected chi connectivity index (χ0v) is 11.0. The molecule has 2 aromatic carbocycles. The summed E-state index contributed by atoms with van der Waals surface area (Å²) in [6.07, 6.45) is -0.716. The molecule has 0 aromatic heterocycles. The van der Waals surface area contributed by atoms with E-state index in [-0.39, 0.29) is 13.2 Å². The van der Waals surface area contributed by atoms with Gasteiger partial charge in [0.1, 0.15) is 18.5 Å². The summed E-state index contributed by atoms with van der Waals surface area (Å²) in [5.41, 5.74) is 1.32. The highest BCUT2D eigenvalue weighted by Crippen LogP contribution is 2.27. The van der Waals surface area contributed by atoms with E-state index in [0.29, 0.717) is 16.3 Å². The van der Waals surface area contributed by atoms with Crippen molar-refractivity contribution in [3.05, 3.63) is 64.7 Å². The number of benzene rings is 2. The average Bonchev–Trinajstić information content (AvgIpc) is 2.45. The van der Waals surface area contributed by atoms with E-state index in [9.17, 15) is 10.2 Å². The molecule has 1 unspecified atom stereocenters. The molecule has 0 fully saturated rings. The Labute approximate surface area is 117 Å². The van der Waals surface area contributed by atoms with Crippen molar-refractivity contribution in [1.29, 1.82) is 0 Å². The van der Waals surface area contributed by atoms with Gasteiger partial charge in [0.15, 0.2) is 0 Å². The van der Waals surface area contributed by atoms with Crippen LogP contribution >= 0.6 is 11.6 Å². The molecule has 19 heavy (non-hydrogen) atoms. The normalized spacial score (nSPS) is 12.2. The summed E-state index contributed by atoms with van der Waals surface area (Å²) in [6, 6.07) is 14.4. The molecule has 4 heteroatoms. The predicted molar refractivity (Wildman–Crippen MR) is 74.3 cm³/mol. The minimum atomic E-state index is -0.716. The highest BCUT2D eigenvalue weighted by atomic mass is 35.5. The van der Waals surface area contributed by atoms with Crippen LogP contribution in [0.2, 0.25) is 5.02 Å². The maximum atomic E-state index is 9.99. The molecule has 0 aliphatic carbocycles. The fraction of sp³-hybridized carbons (Fsp3) is 0.200. The summed E-state index contributed by atoms with van der Waals surface area (Å²) in [5.74, 6) is 0.491. The molecule has 0 saturated carbocycles. The van der Waals surface area contributed by atoms with Crippen molar-refractivity contribution in [1.82, 2.24) is 0 Å². The fourth-order valence-corrected chi connectivity index (χ4v) is 1.99. The van der Waals surface area contributed by atoms with E-state index in [4.69, 9.17) is 16.3 Å². The van der Waals surface area contributed by atoms with Crippen LogP contribution in [0.25, 0.3) is 0 Å². The van der Waals surface area contributed by atoms with E-state index in [1.807, 2.05) is 30.3 Å². The van der Waals surface area contributed by atoms with E-state index >= 15 is 0 Å². The first-order chi connectivity index (χ1) is 9.22. The first-order valence-electron chi connectivity index (χ1n) is 5.96. The topological polar surface area (TPSA) is 49.7 Å². The molecule has 0 spiro atoms. The summed E-state index contributed by atoms with van der Waals surface area (Å²) in [6.45, 7) is -0.0895. The van der Waals surface area contributed by atoms with Gasteiger partial charge in [0, 0.05) is 10.6 Å². The Morgan fingerprint density at radius 2 is 1.79 bits per heavy atom. The summed E-state index contributed by atoms with van der Waals surface area (Å²) in [7, 11) is 0. The van der Waals surface area contributed by atoms with Gasteiger partial charge in [0.25, 0.3) is 0 Å². The first-order valence-corrected chi connectivity index (χ1v) is 6.34. The summed E-state index contributed by atoms with van der Waals surface area (Å²) in [4.78, 5) is 0. The van der Waals surface area contributed by atoms with Crippen molar-refractivity contribution in [2.24, 2.45) is 0 Å². The molecule has 2 rings (SSSR count). The standard InChI is InChI=1S/C15H15ClO3/c16-13-7-4-8-15(12(13)9-17)19-10-14(18)11-5-2-1-3-6-11/h1-8,14,17-18H,9-10H2. The van der Waals surface area contributed by atoms with Gasteiger partial charge in [-0.05, 0) is 17.7 Å². The molecule has 2 N–H and O–H groups in total. The van der Waals surface area contributed by atoms with E-state index in [1.165, 1.54) is 0 Å². The Balaban J connectivity index is 2.05. The van der Waals surface area contributed by atoms with Crippen molar-refractivity contribution in [2.75, 3.05) is 6.61 Å². The number of hydrogen-bond donors (Lipinski definition) is 2. The molecule has 100 valence electrons. The fourth-order valence-electron chi connectivity index (χ4n) is 1.77. The zero-order valence-electron chi connectivity index (χ0n) is 10.3. The van der Waals surface area contributed by atoms with Crippen LogP contribution < -0.4 is 4.74 Å². The monoisotopic (exact) mass is 278 g/mol. The highest BCUT2D eigenvalue weighted by Gasteiger charge is 2.11. The van der Waals surface area contributed by atoms with Crippen LogP contribution in [0.5, 0.6) is 5.75 Å². The minimum Gasteiger partial charge on any atom is -0.490 e. The Morgan fingerprint density at radius 1 is 1.05 bits per heavy atom. The van der Waals surface area contributed by atoms with Crippen LogP contribution in [0.15, 0.2) is 48.5 Å². The SMILES string of the molecule is OCc1c(Cl)cccc1OCC(O)c1ccccc1. The maximum absolute atomic E-state index is 9.99. The molecule has 0 amide bonds. The van der Waals surface area contributed by atoms with E-state index in [2.05, 4.69) is 0 Å². The van der Waals surface area contributed by atoms with Gasteiger partial charge in [0.2, 0.25) is 0 Å². The van der Waals surface area contributed by atoms with Crippen LogP contribution in [0.4, 0.5) is 0 Å². The van der Waals surface area contributed by atoms with E-state index in [0.717, 1.165) is 5.56 Å². The van der Waals surface area contributed by atoms with Crippen LogP contribution in [0.3, 0.4) is 0 Å². The second-order valence-electron chi connectivity index (χ2n) is 4.11. The third-order valence-electron chi connectivity index (χ3n) is 2.82. The van der Waals surface area contributed by atoms with Crippen molar-refractivity contribution in [3.63, 3.8) is 0 Å². The second-order valence-corrected chi connectivity index (χ2v) is 4.52. The number of aliphatic hydroxyl groups is 2. The number of rotatable bonds is 5. The third kappa shape index (κ3) is 3.47. The van der Waals surface area contributed by atoms with Gasteiger partial charge in [-0.2, -0.15) is 0 Å². The largest absolute Gasteiger partial charge is 0.490 e. The molecular formula is C15H15ClO3. The van der Waals surface area contributed by atoms with Crippen molar-refractivity contribution in [3.8, 4) is 5.75 Å². The van der Waals surface area contributed by atoms with E-state index < -0.39 is 6.10 Å². The predicted octanol–water partition coefficient (Wildman–Crippen LogP) is 2.94. The number of halogens is 1. The van der Waals surface area contributed by atoms with Crippen LogP contribution in [-0.4, -0.2) is 16.8 Å². The quantitative estimate of drug-likeness (QED) is 0.884. The molecular weight excluding hydrogens is 264 g/mol. The lowest BCUT2D eigenvalue weighted by atomic mass is 10.1. The number of ether oxygens (including phenoxy) is 1. The van der Waals surface area contributed by atoms with Gasteiger partial charge in [-0.25, -0.2) is 0 Å². The lowest BCUT2D eigenvalue weighted by molar-refractivity contribution is 0.106. The van der Waals surface area contributed by atoms with Crippen molar-refractivity contribution >= 4 is 11.6 Å². The molecule has 0 aliphatic heterocycles. The summed E-state index contributed by atoms with van der Waals surface area (Å²) < 4.78 is 5.53. The molecule has 0 radical (unpaired) electrons. The highest BCUT2D eigenvalue weighted by molar-refractivity contribution is 6.31. The van der Waals surface area contributed by atoms with Crippen LogP contribution in [-0.2, 0) is 6.61 Å². The Bertz CT molecular complexity index is 528. The van der Waals surface area contributed by atoms with Gasteiger partial charge < -0.3 is 14.9 Å². The number of aliphatic hydroxyl groups excluding tert-OH is 2. The van der Waals surface area contributed by atoms with Gasteiger partial charge in [-0.1, -0.05) is 48.0 Å². The van der Waals surface area contributed by atoms with Crippen molar-refractivity contribution in [2.45, 2.75) is 12.7 Å². The molecule has 2 aromatic rings. The maximum Gasteiger partial charge on any atom is 0.126 e.